The van der Waals surface area contributed by atoms with Gasteiger partial charge in [0.05, 0.1) is 0 Å². The SMILES string of the molecule is CCC1CCC(CCC(=O)Oc2ccc(F)c(F)c2)CC1. The Morgan fingerprint density at radius 2 is 1.81 bits per heavy atom. The van der Waals surface area contributed by atoms with Crippen molar-refractivity contribution in [3.63, 3.8) is 0 Å². The van der Waals surface area contributed by atoms with E-state index >= 15 is 0 Å². The van der Waals surface area contributed by atoms with Gasteiger partial charge in [0.2, 0.25) is 0 Å². The number of carbonyl (C=O) groups excluding carboxylic acids is 1. The highest BCUT2D eigenvalue weighted by Gasteiger charge is 2.21. The number of esters is 1. The molecule has 0 spiro atoms. The highest BCUT2D eigenvalue weighted by atomic mass is 19.2. The second kappa shape index (κ2) is 7.53. The maximum atomic E-state index is 13.0. The van der Waals surface area contributed by atoms with Crippen molar-refractivity contribution in [2.75, 3.05) is 0 Å². The van der Waals surface area contributed by atoms with Crippen LogP contribution in [-0.2, 0) is 4.79 Å². The smallest absolute Gasteiger partial charge is 0.311 e. The minimum atomic E-state index is -1.00. The largest absolute Gasteiger partial charge is 0.426 e. The lowest BCUT2D eigenvalue weighted by Crippen LogP contribution is -2.16. The van der Waals surface area contributed by atoms with Gasteiger partial charge in [-0.05, 0) is 30.4 Å². The highest BCUT2D eigenvalue weighted by molar-refractivity contribution is 5.72. The van der Waals surface area contributed by atoms with Crippen LogP contribution in [0.3, 0.4) is 0 Å². The Balaban J connectivity index is 1.73. The van der Waals surface area contributed by atoms with Gasteiger partial charge in [-0.1, -0.05) is 39.0 Å². The Labute approximate surface area is 124 Å². The maximum absolute atomic E-state index is 13.0. The molecule has 21 heavy (non-hydrogen) atoms. The van der Waals surface area contributed by atoms with Gasteiger partial charge in [-0.25, -0.2) is 8.78 Å². The number of ether oxygens (including phenoxy) is 1. The summed E-state index contributed by atoms with van der Waals surface area (Å²) in [6, 6.07) is 3.13. The van der Waals surface area contributed by atoms with Crippen LogP contribution in [0.15, 0.2) is 18.2 Å². The van der Waals surface area contributed by atoms with E-state index in [1.807, 2.05) is 0 Å². The molecule has 0 aromatic heterocycles. The van der Waals surface area contributed by atoms with E-state index in [1.165, 1.54) is 38.2 Å². The molecule has 116 valence electrons. The van der Waals surface area contributed by atoms with Crippen LogP contribution in [0.4, 0.5) is 8.78 Å². The van der Waals surface area contributed by atoms with E-state index in [0.717, 1.165) is 24.5 Å². The van der Waals surface area contributed by atoms with Gasteiger partial charge in [0, 0.05) is 12.5 Å². The number of hydrogen-bond donors (Lipinski definition) is 0. The molecule has 1 saturated carbocycles. The first kappa shape index (κ1) is 15.9. The molecular weight excluding hydrogens is 274 g/mol. The van der Waals surface area contributed by atoms with Gasteiger partial charge < -0.3 is 4.74 Å². The van der Waals surface area contributed by atoms with E-state index in [1.54, 1.807) is 0 Å². The zero-order chi connectivity index (χ0) is 15.2. The molecule has 0 bridgehead atoms. The molecule has 2 nitrogen and oxygen atoms in total. The molecule has 0 radical (unpaired) electrons. The van der Waals surface area contributed by atoms with Gasteiger partial charge in [0.15, 0.2) is 11.6 Å². The van der Waals surface area contributed by atoms with E-state index < -0.39 is 11.6 Å². The molecule has 1 aliphatic carbocycles. The quantitative estimate of drug-likeness (QED) is 0.572. The van der Waals surface area contributed by atoms with Gasteiger partial charge in [-0.2, -0.15) is 0 Å². The van der Waals surface area contributed by atoms with Crippen LogP contribution in [0.25, 0.3) is 0 Å². The van der Waals surface area contributed by atoms with Crippen molar-refractivity contribution in [1.29, 1.82) is 0 Å². The number of benzene rings is 1. The molecule has 1 fully saturated rings. The molecule has 0 saturated heterocycles. The second-order valence-corrected chi connectivity index (χ2v) is 5.88. The molecule has 2 rings (SSSR count). The maximum Gasteiger partial charge on any atom is 0.311 e. The van der Waals surface area contributed by atoms with Gasteiger partial charge in [-0.3, -0.25) is 4.79 Å². The lowest BCUT2D eigenvalue weighted by Gasteiger charge is -2.27. The molecule has 0 heterocycles. The molecule has 1 aliphatic rings. The molecule has 0 amide bonds. The minimum Gasteiger partial charge on any atom is -0.426 e. The fraction of sp³-hybridized carbons (Fsp3) is 0.588. The lowest BCUT2D eigenvalue weighted by molar-refractivity contribution is -0.134. The van der Waals surface area contributed by atoms with Crippen molar-refractivity contribution in [2.24, 2.45) is 11.8 Å². The monoisotopic (exact) mass is 296 g/mol. The number of hydrogen-bond acceptors (Lipinski definition) is 2. The fourth-order valence-electron chi connectivity index (χ4n) is 2.97. The van der Waals surface area contributed by atoms with E-state index in [0.29, 0.717) is 12.3 Å². The number of rotatable bonds is 5. The summed E-state index contributed by atoms with van der Waals surface area (Å²) < 4.78 is 30.8. The molecule has 1 aromatic rings. The lowest BCUT2D eigenvalue weighted by atomic mass is 9.79. The van der Waals surface area contributed by atoms with E-state index in [9.17, 15) is 13.6 Å². The summed E-state index contributed by atoms with van der Waals surface area (Å²) in [6.07, 6.45) is 7.25. The highest BCUT2D eigenvalue weighted by Crippen LogP contribution is 2.33. The molecule has 0 unspecified atom stereocenters. The van der Waals surface area contributed by atoms with Crippen LogP contribution < -0.4 is 4.74 Å². The van der Waals surface area contributed by atoms with Crippen molar-refractivity contribution in [3.05, 3.63) is 29.8 Å². The molecule has 0 aliphatic heterocycles. The zero-order valence-corrected chi connectivity index (χ0v) is 12.4. The van der Waals surface area contributed by atoms with Gasteiger partial charge in [-0.15, -0.1) is 0 Å². The summed E-state index contributed by atoms with van der Waals surface area (Å²) in [5.74, 6) is -0.825. The van der Waals surface area contributed by atoms with Crippen molar-refractivity contribution in [1.82, 2.24) is 0 Å². The summed E-state index contributed by atoms with van der Waals surface area (Å²) in [6.45, 7) is 2.23. The third-order valence-electron chi connectivity index (χ3n) is 4.42. The van der Waals surface area contributed by atoms with Crippen molar-refractivity contribution < 1.29 is 18.3 Å². The van der Waals surface area contributed by atoms with Gasteiger partial charge >= 0.3 is 5.97 Å². The Morgan fingerprint density at radius 1 is 1.14 bits per heavy atom. The van der Waals surface area contributed by atoms with Crippen LogP contribution in [0.5, 0.6) is 5.75 Å². The van der Waals surface area contributed by atoms with Crippen LogP contribution in [0, 0.1) is 23.5 Å². The first-order valence-electron chi connectivity index (χ1n) is 7.74. The van der Waals surface area contributed by atoms with Crippen molar-refractivity contribution in [3.8, 4) is 5.75 Å². The van der Waals surface area contributed by atoms with Gasteiger partial charge in [0.25, 0.3) is 0 Å². The third kappa shape index (κ3) is 4.80. The Bertz CT molecular complexity index is 480. The third-order valence-corrected chi connectivity index (χ3v) is 4.42. The van der Waals surface area contributed by atoms with E-state index in [-0.39, 0.29) is 11.7 Å². The number of carbonyl (C=O) groups is 1. The average molecular weight is 296 g/mol. The first-order chi connectivity index (χ1) is 10.1. The number of halogens is 2. The Morgan fingerprint density at radius 3 is 2.43 bits per heavy atom. The molecule has 0 N–H and O–H groups in total. The van der Waals surface area contributed by atoms with Crippen molar-refractivity contribution in [2.45, 2.75) is 51.9 Å². The van der Waals surface area contributed by atoms with Crippen LogP contribution in [-0.4, -0.2) is 5.97 Å². The average Bonchev–Trinajstić information content (AvgIpc) is 2.49. The topological polar surface area (TPSA) is 26.3 Å². The Kier molecular flexibility index (Phi) is 5.71. The van der Waals surface area contributed by atoms with Gasteiger partial charge in [0.1, 0.15) is 5.75 Å². The standard InChI is InChI=1S/C17H22F2O2/c1-2-12-3-5-13(6-4-12)7-10-17(20)21-14-8-9-15(18)16(19)11-14/h8-9,11-13H,2-7,10H2,1H3. The Hall–Kier alpha value is -1.45. The van der Waals surface area contributed by atoms with E-state index in [2.05, 4.69) is 6.92 Å². The van der Waals surface area contributed by atoms with Crippen LogP contribution in [0.2, 0.25) is 0 Å². The van der Waals surface area contributed by atoms with Crippen LogP contribution in [0.1, 0.15) is 51.9 Å². The fourth-order valence-corrected chi connectivity index (χ4v) is 2.97. The summed E-state index contributed by atoms with van der Waals surface area (Å²) in [7, 11) is 0. The molecular formula is C17H22F2O2. The second-order valence-electron chi connectivity index (χ2n) is 5.88. The zero-order valence-electron chi connectivity index (χ0n) is 12.4. The summed E-state index contributed by atoms with van der Waals surface area (Å²) in [5.41, 5.74) is 0. The molecule has 4 heteroatoms. The predicted octanol–water partition coefficient (Wildman–Crippen LogP) is 4.87. The summed E-state index contributed by atoms with van der Waals surface area (Å²) in [4.78, 5) is 11.7. The normalized spacial score (nSPS) is 22.0. The molecule has 1 aromatic carbocycles. The van der Waals surface area contributed by atoms with E-state index in [4.69, 9.17) is 4.74 Å². The minimum absolute atomic E-state index is 0.0635. The van der Waals surface area contributed by atoms with Crippen molar-refractivity contribution >= 4 is 5.97 Å². The first-order valence-corrected chi connectivity index (χ1v) is 7.74. The molecule has 0 atom stereocenters. The predicted molar refractivity (Wildman–Crippen MR) is 77.0 cm³/mol. The summed E-state index contributed by atoms with van der Waals surface area (Å²) >= 11 is 0. The van der Waals surface area contributed by atoms with Crippen LogP contribution >= 0.6 is 0 Å². The summed E-state index contributed by atoms with van der Waals surface area (Å²) in [5, 5.41) is 0.